The van der Waals surface area contributed by atoms with E-state index in [4.69, 9.17) is 5.26 Å². The Morgan fingerprint density at radius 3 is 3.00 bits per heavy atom. The van der Waals surface area contributed by atoms with Crippen molar-refractivity contribution in [2.75, 3.05) is 18.5 Å². The molecule has 0 spiro atoms. The van der Waals surface area contributed by atoms with E-state index < -0.39 is 0 Å². The monoisotopic (exact) mass is 243 g/mol. The highest BCUT2D eigenvalue weighted by molar-refractivity contribution is 5.96. The van der Waals surface area contributed by atoms with E-state index in [-0.39, 0.29) is 17.9 Å². The van der Waals surface area contributed by atoms with Crippen molar-refractivity contribution in [3.05, 3.63) is 29.8 Å². The summed E-state index contributed by atoms with van der Waals surface area (Å²) in [6.07, 6.45) is 0.450. The van der Waals surface area contributed by atoms with Crippen LogP contribution in [0.15, 0.2) is 24.3 Å². The Morgan fingerprint density at radius 2 is 2.28 bits per heavy atom. The van der Waals surface area contributed by atoms with Crippen LogP contribution in [0, 0.1) is 17.2 Å². The Balaban J connectivity index is 2.20. The fourth-order valence-electron chi connectivity index (χ4n) is 2.19. The number of anilines is 1. The van der Waals surface area contributed by atoms with Crippen LogP contribution in [-0.2, 0) is 4.79 Å². The first-order chi connectivity index (χ1) is 8.63. The molecule has 1 aliphatic heterocycles. The quantitative estimate of drug-likeness (QED) is 0.881. The van der Waals surface area contributed by atoms with Gasteiger partial charge < -0.3 is 10.2 Å². The lowest BCUT2D eigenvalue weighted by molar-refractivity contribution is -0.119. The van der Waals surface area contributed by atoms with Crippen LogP contribution in [0.2, 0.25) is 0 Å². The summed E-state index contributed by atoms with van der Waals surface area (Å²) in [5, 5.41) is 12.1. The molecule has 1 heterocycles. The van der Waals surface area contributed by atoms with Gasteiger partial charge in [-0.3, -0.25) is 4.79 Å². The molecule has 1 aromatic carbocycles. The van der Waals surface area contributed by atoms with Gasteiger partial charge in [0.1, 0.15) is 0 Å². The Hall–Kier alpha value is -1.86. The van der Waals surface area contributed by atoms with Crippen molar-refractivity contribution in [3.63, 3.8) is 0 Å². The van der Waals surface area contributed by atoms with Gasteiger partial charge in [0.15, 0.2) is 0 Å². The normalized spacial score (nSPS) is 20.2. The summed E-state index contributed by atoms with van der Waals surface area (Å²) in [4.78, 5) is 13.6. The molecule has 18 heavy (non-hydrogen) atoms. The van der Waals surface area contributed by atoms with Crippen molar-refractivity contribution >= 4 is 11.6 Å². The van der Waals surface area contributed by atoms with Crippen molar-refractivity contribution in [3.8, 4) is 6.07 Å². The predicted molar refractivity (Wildman–Crippen MR) is 70.0 cm³/mol. The van der Waals surface area contributed by atoms with Crippen molar-refractivity contribution < 1.29 is 4.79 Å². The molecule has 0 radical (unpaired) electrons. The number of amides is 1. The summed E-state index contributed by atoms with van der Waals surface area (Å²) in [5.41, 5.74) is 2.08. The van der Waals surface area contributed by atoms with Gasteiger partial charge in [0.05, 0.1) is 12.0 Å². The van der Waals surface area contributed by atoms with Crippen LogP contribution in [0.4, 0.5) is 5.69 Å². The third kappa shape index (κ3) is 2.36. The molecule has 0 saturated heterocycles. The van der Waals surface area contributed by atoms with Crippen molar-refractivity contribution in [1.29, 1.82) is 5.26 Å². The predicted octanol–water partition coefficient (Wildman–Crippen LogP) is 1.84. The van der Waals surface area contributed by atoms with Crippen LogP contribution in [0.1, 0.15) is 24.9 Å². The third-order valence-electron chi connectivity index (χ3n) is 3.32. The molecule has 0 aliphatic carbocycles. The number of nitrogens with zero attached hydrogens (tertiary/aromatic N) is 2. The molecule has 2 atom stereocenters. The SMILES string of the molecule is CC(C#N)CNC1CC(=O)N(C)c2ccccc21. The lowest BCUT2D eigenvalue weighted by Gasteiger charge is -2.32. The van der Waals surface area contributed by atoms with E-state index in [1.165, 1.54) is 0 Å². The Bertz CT molecular complexity index is 492. The second-order valence-electron chi connectivity index (χ2n) is 4.71. The summed E-state index contributed by atoms with van der Waals surface area (Å²) >= 11 is 0. The molecule has 0 aromatic heterocycles. The summed E-state index contributed by atoms with van der Waals surface area (Å²) in [5.74, 6) is 0.0581. The second kappa shape index (κ2) is 5.19. The van der Waals surface area contributed by atoms with Crippen molar-refractivity contribution in [1.82, 2.24) is 5.32 Å². The van der Waals surface area contributed by atoms with Crippen LogP contribution in [0.3, 0.4) is 0 Å². The van der Waals surface area contributed by atoms with Crippen LogP contribution >= 0.6 is 0 Å². The van der Waals surface area contributed by atoms with Crippen molar-refractivity contribution in [2.45, 2.75) is 19.4 Å². The maximum Gasteiger partial charge on any atom is 0.228 e. The molecule has 0 fully saturated rings. The van der Waals surface area contributed by atoms with E-state index in [9.17, 15) is 4.79 Å². The van der Waals surface area contributed by atoms with Crippen LogP contribution in [0.5, 0.6) is 0 Å². The second-order valence-corrected chi connectivity index (χ2v) is 4.71. The molecule has 0 bridgehead atoms. The Labute approximate surface area is 107 Å². The summed E-state index contributed by atoms with van der Waals surface area (Å²) in [6, 6.07) is 10.1. The molecule has 4 nitrogen and oxygen atoms in total. The van der Waals surface area contributed by atoms with Gasteiger partial charge in [0.2, 0.25) is 5.91 Å². The van der Waals surface area contributed by atoms with E-state index in [1.807, 2.05) is 31.2 Å². The van der Waals surface area contributed by atoms with Crippen LogP contribution in [0.25, 0.3) is 0 Å². The molecule has 4 heteroatoms. The highest BCUT2D eigenvalue weighted by Gasteiger charge is 2.28. The average molecular weight is 243 g/mol. The summed E-state index contributed by atoms with van der Waals surface area (Å²) < 4.78 is 0. The summed E-state index contributed by atoms with van der Waals surface area (Å²) in [6.45, 7) is 2.47. The topological polar surface area (TPSA) is 56.1 Å². The maximum atomic E-state index is 11.9. The molecular weight excluding hydrogens is 226 g/mol. The fraction of sp³-hybridized carbons (Fsp3) is 0.429. The first-order valence-electron chi connectivity index (χ1n) is 6.12. The molecule has 1 N–H and O–H groups in total. The van der Waals surface area contributed by atoms with Gasteiger partial charge >= 0.3 is 0 Å². The number of nitrogens with one attached hydrogen (secondary N) is 1. The number of rotatable bonds is 3. The minimum atomic E-state index is -0.0491. The number of carbonyl (C=O) groups is 1. The first-order valence-corrected chi connectivity index (χ1v) is 6.12. The van der Waals surface area contributed by atoms with E-state index in [1.54, 1.807) is 11.9 Å². The van der Waals surface area contributed by atoms with Crippen LogP contribution < -0.4 is 10.2 Å². The first kappa shape index (κ1) is 12.6. The van der Waals surface area contributed by atoms with E-state index in [2.05, 4.69) is 11.4 Å². The number of hydrogen-bond donors (Lipinski definition) is 1. The molecule has 94 valence electrons. The van der Waals surface area contributed by atoms with E-state index in [0.717, 1.165) is 11.3 Å². The zero-order chi connectivity index (χ0) is 13.1. The molecular formula is C14H17N3O. The van der Waals surface area contributed by atoms with Gasteiger partial charge in [-0.1, -0.05) is 18.2 Å². The molecule has 2 rings (SSSR count). The number of benzene rings is 1. The maximum absolute atomic E-state index is 11.9. The van der Waals surface area contributed by atoms with Gasteiger partial charge in [-0.25, -0.2) is 0 Å². The molecule has 0 saturated carbocycles. The minimum Gasteiger partial charge on any atom is -0.315 e. The largest absolute Gasteiger partial charge is 0.315 e. The number of nitriles is 1. The smallest absolute Gasteiger partial charge is 0.228 e. The molecule has 1 aliphatic rings. The van der Waals surface area contributed by atoms with E-state index in [0.29, 0.717) is 13.0 Å². The van der Waals surface area contributed by atoms with Crippen LogP contribution in [-0.4, -0.2) is 19.5 Å². The number of fused-ring (bicyclic) bond motifs is 1. The standard InChI is InChI=1S/C14H17N3O/c1-10(8-15)9-16-12-7-14(18)17(2)13-6-4-3-5-11(12)13/h3-6,10,12,16H,7,9H2,1-2H3. The van der Waals surface area contributed by atoms with Gasteiger partial charge in [-0.15, -0.1) is 0 Å². The van der Waals surface area contributed by atoms with Gasteiger partial charge in [0.25, 0.3) is 0 Å². The molecule has 1 amide bonds. The third-order valence-corrected chi connectivity index (χ3v) is 3.32. The number of hydrogen-bond acceptors (Lipinski definition) is 3. The fourth-order valence-corrected chi connectivity index (χ4v) is 2.19. The zero-order valence-electron chi connectivity index (χ0n) is 10.7. The van der Waals surface area contributed by atoms with Gasteiger partial charge in [0, 0.05) is 31.7 Å². The lowest BCUT2D eigenvalue weighted by atomic mass is 9.96. The highest BCUT2D eigenvalue weighted by Crippen LogP contribution is 2.33. The van der Waals surface area contributed by atoms with E-state index >= 15 is 0 Å². The number of carbonyl (C=O) groups excluding carboxylic acids is 1. The summed E-state index contributed by atoms with van der Waals surface area (Å²) in [7, 11) is 1.80. The lowest BCUT2D eigenvalue weighted by Crippen LogP contribution is -2.38. The molecule has 1 aromatic rings. The Morgan fingerprint density at radius 1 is 1.56 bits per heavy atom. The van der Waals surface area contributed by atoms with Gasteiger partial charge in [-0.05, 0) is 18.6 Å². The highest BCUT2D eigenvalue weighted by atomic mass is 16.2. The number of para-hydroxylation sites is 1. The molecule has 2 unspecified atom stereocenters. The average Bonchev–Trinajstić information content (AvgIpc) is 2.41. The Kier molecular flexibility index (Phi) is 3.63. The minimum absolute atomic E-state index is 0.0145. The zero-order valence-corrected chi connectivity index (χ0v) is 10.7. The van der Waals surface area contributed by atoms with Gasteiger partial charge in [-0.2, -0.15) is 5.26 Å². The van der Waals surface area contributed by atoms with Crippen molar-refractivity contribution in [2.24, 2.45) is 5.92 Å².